The Hall–Kier alpha value is -1.10. The van der Waals surface area contributed by atoms with Crippen LogP contribution in [-0.2, 0) is 9.59 Å². The first kappa shape index (κ1) is 15.0. The maximum absolute atomic E-state index is 11.8. The number of amides is 2. The van der Waals surface area contributed by atoms with E-state index >= 15 is 0 Å². The molecule has 0 spiro atoms. The molecule has 0 aromatic rings. The summed E-state index contributed by atoms with van der Waals surface area (Å²) in [5.74, 6) is 0.534. The quantitative estimate of drug-likeness (QED) is 0.642. The van der Waals surface area contributed by atoms with Crippen molar-refractivity contribution in [2.75, 3.05) is 19.6 Å². The molecule has 0 aliphatic heterocycles. The highest BCUT2D eigenvalue weighted by Gasteiger charge is 2.25. The molecule has 0 bridgehead atoms. The Morgan fingerprint density at radius 1 is 1.17 bits per heavy atom. The van der Waals surface area contributed by atoms with Gasteiger partial charge < -0.3 is 16.4 Å². The second-order valence-electron chi connectivity index (χ2n) is 5.02. The number of carbonyl (C=O) groups is 2. The van der Waals surface area contributed by atoms with Gasteiger partial charge in [0.05, 0.1) is 6.54 Å². The molecule has 18 heavy (non-hydrogen) atoms. The van der Waals surface area contributed by atoms with Crippen LogP contribution in [0.5, 0.6) is 0 Å². The van der Waals surface area contributed by atoms with Crippen LogP contribution >= 0.6 is 0 Å². The summed E-state index contributed by atoms with van der Waals surface area (Å²) in [6.45, 7) is 3.47. The number of nitrogens with two attached hydrogens (primary N) is 1. The van der Waals surface area contributed by atoms with E-state index in [-0.39, 0.29) is 24.3 Å². The lowest BCUT2D eigenvalue weighted by atomic mass is 9.81. The highest BCUT2D eigenvalue weighted by atomic mass is 16.2. The van der Waals surface area contributed by atoms with E-state index in [0.717, 1.165) is 32.1 Å². The van der Waals surface area contributed by atoms with Crippen molar-refractivity contribution in [1.82, 2.24) is 10.6 Å². The van der Waals surface area contributed by atoms with Gasteiger partial charge in [0, 0.05) is 12.5 Å². The lowest BCUT2D eigenvalue weighted by Crippen LogP contribution is -2.40. The molecule has 0 aromatic carbocycles. The molecular weight excluding hydrogens is 230 g/mol. The first-order chi connectivity index (χ1) is 8.67. The SMILES string of the molecule is CCCNC(=O)CNC(=O)C1CCC(CN)CC1. The van der Waals surface area contributed by atoms with Crippen molar-refractivity contribution in [1.29, 1.82) is 0 Å². The van der Waals surface area contributed by atoms with Gasteiger partial charge in [-0.15, -0.1) is 0 Å². The summed E-state index contributed by atoms with van der Waals surface area (Å²) >= 11 is 0. The minimum absolute atomic E-state index is 0.0112. The van der Waals surface area contributed by atoms with Gasteiger partial charge in [-0.2, -0.15) is 0 Å². The molecule has 5 nitrogen and oxygen atoms in total. The normalized spacial score (nSPS) is 23.4. The average Bonchev–Trinajstić information content (AvgIpc) is 2.42. The first-order valence-corrected chi connectivity index (χ1v) is 6.91. The fourth-order valence-corrected chi connectivity index (χ4v) is 2.30. The van der Waals surface area contributed by atoms with Gasteiger partial charge in [-0.1, -0.05) is 6.92 Å². The highest BCUT2D eigenvalue weighted by molar-refractivity contribution is 5.85. The average molecular weight is 255 g/mol. The summed E-state index contributed by atoms with van der Waals surface area (Å²) < 4.78 is 0. The van der Waals surface area contributed by atoms with E-state index in [1.54, 1.807) is 0 Å². The maximum atomic E-state index is 11.8. The Labute approximate surface area is 109 Å². The molecule has 5 heteroatoms. The molecule has 0 saturated heterocycles. The number of rotatable bonds is 6. The van der Waals surface area contributed by atoms with Crippen molar-refractivity contribution >= 4 is 11.8 Å². The summed E-state index contributed by atoms with van der Waals surface area (Å²) in [4.78, 5) is 23.2. The summed E-state index contributed by atoms with van der Waals surface area (Å²) in [5, 5.41) is 5.45. The molecule has 1 aliphatic carbocycles. The predicted molar refractivity (Wildman–Crippen MR) is 70.8 cm³/mol. The fourth-order valence-electron chi connectivity index (χ4n) is 2.30. The second-order valence-corrected chi connectivity index (χ2v) is 5.02. The zero-order chi connectivity index (χ0) is 13.4. The topological polar surface area (TPSA) is 84.2 Å². The molecule has 0 aromatic heterocycles. The van der Waals surface area contributed by atoms with Crippen molar-refractivity contribution in [2.24, 2.45) is 17.6 Å². The lowest BCUT2D eigenvalue weighted by Gasteiger charge is -2.26. The van der Waals surface area contributed by atoms with E-state index in [0.29, 0.717) is 19.0 Å². The Balaban J connectivity index is 2.19. The van der Waals surface area contributed by atoms with E-state index in [9.17, 15) is 9.59 Å². The largest absolute Gasteiger partial charge is 0.355 e. The van der Waals surface area contributed by atoms with Crippen LogP contribution in [0, 0.1) is 11.8 Å². The summed E-state index contributed by atoms with van der Waals surface area (Å²) in [5.41, 5.74) is 5.62. The monoisotopic (exact) mass is 255 g/mol. The summed E-state index contributed by atoms with van der Waals surface area (Å²) in [6, 6.07) is 0. The second kappa shape index (κ2) is 8.08. The van der Waals surface area contributed by atoms with Gasteiger partial charge >= 0.3 is 0 Å². The third-order valence-corrected chi connectivity index (χ3v) is 3.55. The minimum atomic E-state index is -0.110. The van der Waals surface area contributed by atoms with Crippen molar-refractivity contribution in [3.05, 3.63) is 0 Å². The lowest BCUT2D eigenvalue weighted by molar-refractivity contribution is -0.129. The smallest absolute Gasteiger partial charge is 0.239 e. The summed E-state index contributed by atoms with van der Waals surface area (Å²) in [7, 11) is 0. The van der Waals surface area contributed by atoms with E-state index < -0.39 is 0 Å². The summed E-state index contributed by atoms with van der Waals surface area (Å²) in [6.07, 6.45) is 4.74. The van der Waals surface area contributed by atoms with Gasteiger partial charge in [-0.05, 0) is 44.6 Å². The molecule has 0 unspecified atom stereocenters. The first-order valence-electron chi connectivity index (χ1n) is 6.91. The van der Waals surface area contributed by atoms with Crippen LogP contribution in [0.15, 0.2) is 0 Å². The van der Waals surface area contributed by atoms with Crippen molar-refractivity contribution in [2.45, 2.75) is 39.0 Å². The van der Waals surface area contributed by atoms with Crippen LogP contribution in [0.1, 0.15) is 39.0 Å². The van der Waals surface area contributed by atoms with Crippen LogP contribution in [-0.4, -0.2) is 31.4 Å². The van der Waals surface area contributed by atoms with Gasteiger partial charge in [-0.25, -0.2) is 0 Å². The number of nitrogens with one attached hydrogen (secondary N) is 2. The van der Waals surface area contributed by atoms with Crippen molar-refractivity contribution in [3.63, 3.8) is 0 Å². The van der Waals surface area contributed by atoms with Crippen LogP contribution in [0.4, 0.5) is 0 Å². The van der Waals surface area contributed by atoms with Crippen LogP contribution in [0.2, 0.25) is 0 Å². The predicted octanol–water partition coefficient (Wildman–Crippen LogP) is 0.394. The van der Waals surface area contributed by atoms with E-state index in [2.05, 4.69) is 10.6 Å². The number of hydrogen-bond acceptors (Lipinski definition) is 3. The third-order valence-electron chi connectivity index (χ3n) is 3.55. The van der Waals surface area contributed by atoms with Crippen LogP contribution in [0.3, 0.4) is 0 Å². The number of carbonyl (C=O) groups excluding carboxylic acids is 2. The van der Waals surface area contributed by atoms with Crippen LogP contribution in [0.25, 0.3) is 0 Å². The molecule has 1 saturated carbocycles. The standard InChI is InChI=1S/C13H25N3O2/c1-2-7-15-12(17)9-16-13(18)11-5-3-10(8-14)4-6-11/h10-11H,2-9,14H2,1H3,(H,15,17)(H,16,18). The van der Waals surface area contributed by atoms with Gasteiger partial charge in [0.2, 0.25) is 11.8 Å². The van der Waals surface area contributed by atoms with Crippen LogP contribution < -0.4 is 16.4 Å². The minimum Gasteiger partial charge on any atom is -0.355 e. The van der Waals surface area contributed by atoms with Crippen molar-refractivity contribution < 1.29 is 9.59 Å². The molecule has 0 atom stereocenters. The molecule has 1 rings (SSSR count). The Bertz CT molecular complexity index is 273. The Morgan fingerprint density at radius 2 is 1.83 bits per heavy atom. The maximum Gasteiger partial charge on any atom is 0.239 e. The number of hydrogen-bond donors (Lipinski definition) is 3. The van der Waals surface area contributed by atoms with Gasteiger partial charge in [-0.3, -0.25) is 9.59 Å². The Kier molecular flexibility index (Phi) is 6.72. The fraction of sp³-hybridized carbons (Fsp3) is 0.846. The van der Waals surface area contributed by atoms with E-state index in [4.69, 9.17) is 5.73 Å². The molecular formula is C13H25N3O2. The zero-order valence-corrected chi connectivity index (χ0v) is 11.2. The molecule has 104 valence electrons. The zero-order valence-electron chi connectivity index (χ0n) is 11.2. The molecule has 2 amide bonds. The third kappa shape index (κ3) is 5.04. The molecule has 1 aliphatic rings. The molecule has 4 N–H and O–H groups in total. The Morgan fingerprint density at radius 3 is 2.39 bits per heavy atom. The molecule has 0 radical (unpaired) electrons. The van der Waals surface area contributed by atoms with Crippen molar-refractivity contribution in [3.8, 4) is 0 Å². The van der Waals surface area contributed by atoms with E-state index in [1.165, 1.54) is 0 Å². The van der Waals surface area contributed by atoms with Gasteiger partial charge in [0.1, 0.15) is 0 Å². The molecule has 0 heterocycles. The highest BCUT2D eigenvalue weighted by Crippen LogP contribution is 2.27. The van der Waals surface area contributed by atoms with Gasteiger partial charge in [0.25, 0.3) is 0 Å². The molecule has 1 fully saturated rings. The van der Waals surface area contributed by atoms with Gasteiger partial charge in [0.15, 0.2) is 0 Å². The van der Waals surface area contributed by atoms with E-state index in [1.807, 2.05) is 6.92 Å².